The van der Waals surface area contributed by atoms with E-state index < -0.39 is 12.0 Å². The van der Waals surface area contributed by atoms with Crippen LogP contribution in [0.2, 0.25) is 5.02 Å². The van der Waals surface area contributed by atoms with Gasteiger partial charge >= 0.3 is 5.97 Å². The standard InChI is InChI=1S/C9H9BrClNO2/c10-6-2-1-3-7(11)5(6)4-8(12)9(13)14/h1-3,8H,4,12H2,(H,13,14). The Morgan fingerprint density at radius 2 is 2.29 bits per heavy atom. The number of carboxylic acids is 1. The number of hydrogen-bond donors (Lipinski definition) is 2. The molecule has 1 atom stereocenters. The molecule has 0 spiro atoms. The molecule has 0 aromatic heterocycles. The molecule has 76 valence electrons. The van der Waals surface area contributed by atoms with Gasteiger partial charge < -0.3 is 10.8 Å². The maximum atomic E-state index is 10.5. The summed E-state index contributed by atoms with van der Waals surface area (Å²) in [5.41, 5.74) is 6.13. The third kappa shape index (κ3) is 2.70. The van der Waals surface area contributed by atoms with Gasteiger partial charge in [-0.1, -0.05) is 33.6 Å². The van der Waals surface area contributed by atoms with E-state index in [0.717, 1.165) is 10.0 Å². The minimum Gasteiger partial charge on any atom is -0.480 e. The van der Waals surface area contributed by atoms with Crippen molar-refractivity contribution in [2.45, 2.75) is 12.5 Å². The van der Waals surface area contributed by atoms with Gasteiger partial charge in [0.1, 0.15) is 6.04 Å². The summed E-state index contributed by atoms with van der Waals surface area (Å²) in [7, 11) is 0. The van der Waals surface area contributed by atoms with Crippen LogP contribution >= 0.6 is 27.5 Å². The Hall–Kier alpha value is -0.580. The highest BCUT2D eigenvalue weighted by atomic mass is 79.9. The molecule has 3 nitrogen and oxygen atoms in total. The average Bonchev–Trinajstić information content (AvgIpc) is 2.11. The van der Waals surface area contributed by atoms with E-state index in [-0.39, 0.29) is 6.42 Å². The molecule has 5 heteroatoms. The van der Waals surface area contributed by atoms with E-state index in [1.165, 1.54) is 0 Å². The topological polar surface area (TPSA) is 63.3 Å². The zero-order valence-electron chi connectivity index (χ0n) is 7.21. The molecule has 0 saturated carbocycles. The Labute approximate surface area is 95.0 Å². The van der Waals surface area contributed by atoms with Gasteiger partial charge in [0, 0.05) is 15.9 Å². The normalized spacial score (nSPS) is 12.5. The third-order valence-electron chi connectivity index (χ3n) is 1.80. The van der Waals surface area contributed by atoms with Crippen LogP contribution < -0.4 is 5.73 Å². The first kappa shape index (κ1) is 11.5. The van der Waals surface area contributed by atoms with E-state index in [1.807, 2.05) is 0 Å². The highest BCUT2D eigenvalue weighted by Crippen LogP contribution is 2.25. The molecule has 0 bridgehead atoms. The van der Waals surface area contributed by atoms with Gasteiger partial charge in [0.05, 0.1) is 0 Å². The number of carbonyl (C=O) groups is 1. The van der Waals surface area contributed by atoms with E-state index >= 15 is 0 Å². The van der Waals surface area contributed by atoms with Gasteiger partial charge in [-0.2, -0.15) is 0 Å². The van der Waals surface area contributed by atoms with Crippen LogP contribution in [0.3, 0.4) is 0 Å². The van der Waals surface area contributed by atoms with Crippen LogP contribution in [0, 0.1) is 0 Å². The fourth-order valence-electron chi connectivity index (χ4n) is 1.03. The van der Waals surface area contributed by atoms with E-state index in [1.54, 1.807) is 18.2 Å². The minimum absolute atomic E-state index is 0.218. The van der Waals surface area contributed by atoms with Crippen molar-refractivity contribution in [1.82, 2.24) is 0 Å². The SMILES string of the molecule is NC(Cc1c(Cl)cccc1Br)C(=O)O. The molecule has 1 aromatic carbocycles. The molecular formula is C9H9BrClNO2. The van der Waals surface area contributed by atoms with Crippen LogP contribution in [0.15, 0.2) is 22.7 Å². The summed E-state index contributed by atoms with van der Waals surface area (Å²) in [5, 5.41) is 9.17. The van der Waals surface area contributed by atoms with Crippen molar-refractivity contribution in [3.05, 3.63) is 33.3 Å². The van der Waals surface area contributed by atoms with E-state index in [9.17, 15) is 4.79 Å². The van der Waals surface area contributed by atoms with Crippen LogP contribution in [0.4, 0.5) is 0 Å². The molecule has 0 aliphatic heterocycles. The molecule has 0 fully saturated rings. The predicted molar refractivity (Wildman–Crippen MR) is 58.5 cm³/mol. The number of carboxylic acid groups (broad SMARTS) is 1. The summed E-state index contributed by atoms with van der Waals surface area (Å²) in [6.45, 7) is 0. The van der Waals surface area contributed by atoms with Gasteiger partial charge in [0.2, 0.25) is 0 Å². The number of hydrogen-bond acceptors (Lipinski definition) is 2. The largest absolute Gasteiger partial charge is 0.480 e. The van der Waals surface area contributed by atoms with Crippen molar-refractivity contribution in [3.8, 4) is 0 Å². The maximum absolute atomic E-state index is 10.5. The highest BCUT2D eigenvalue weighted by molar-refractivity contribution is 9.10. The lowest BCUT2D eigenvalue weighted by Crippen LogP contribution is -2.32. The van der Waals surface area contributed by atoms with Crippen molar-refractivity contribution < 1.29 is 9.90 Å². The van der Waals surface area contributed by atoms with Gasteiger partial charge in [-0.25, -0.2) is 0 Å². The molecule has 1 aromatic rings. The molecule has 0 amide bonds. The first-order valence-electron chi connectivity index (χ1n) is 3.93. The Kier molecular flexibility index (Phi) is 3.92. The molecule has 14 heavy (non-hydrogen) atoms. The summed E-state index contributed by atoms with van der Waals surface area (Å²) >= 11 is 9.19. The number of halogens is 2. The molecule has 3 N–H and O–H groups in total. The van der Waals surface area contributed by atoms with Crippen molar-refractivity contribution in [2.75, 3.05) is 0 Å². The highest BCUT2D eigenvalue weighted by Gasteiger charge is 2.15. The van der Waals surface area contributed by atoms with Crippen LogP contribution in [0.25, 0.3) is 0 Å². The fourth-order valence-corrected chi connectivity index (χ4v) is 1.93. The molecule has 1 rings (SSSR count). The summed E-state index contributed by atoms with van der Waals surface area (Å²) in [6, 6.07) is 4.36. The molecule has 0 radical (unpaired) electrons. The second kappa shape index (κ2) is 4.77. The first-order chi connectivity index (χ1) is 6.52. The molecule has 1 unspecified atom stereocenters. The lowest BCUT2D eigenvalue weighted by molar-refractivity contribution is -0.138. The van der Waals surface area contributed by atoms with Gasteiger partial charge in [-0.05, 0) is 17.7 Å². The lowest BCUT2D eigenvalue weighted by Gasteiger charge is -2.09. The summed E-state index contributed by atoms with van der Waals surface area (Å²) in [6.07, 6.45) is 0.218. The van der Waals surface area contributed by atoms with Gasteiger partial charge in [-0.15, -0.1) is 0 Å². The Bertz CT molecular complexity index is 336. The molecule has 0 saturated heterocycles. The van der Waals surface area contributed by atoms with E-state index in [2.05, 4.69) is 15.9 Å². The van der Waals surface area contributed by atoms with E-state index in [0.29, 0.717) is 5.02 Å². The van der Waals surface area contributed by atoms with E-state index in [4.69, 9.17) is 22.4 Å². The van der Waals surface area contributed by atoms with Crippen molar-refractivity contribution in [1.29, 1.82) is 0 Å². The molecular weight excluding hydrogens is 269 g/mol. The quantitative estimate of drug-likeness (QED) is 0.889. The molecule has 0 heterocycles. The van der Waals surface area contributed by atoms with Gasteiger partial charge in [0.25, 0.3) is 0 Å². The average molecular weight is 279 g/mol. The summed E-state index contributed by atoms with van der Waals surface area (Å²) in [4.78, 5) is 10.5. The van der Waals surface area contributed by atoms with Crippen molar-refractivity contribution >= 4 is 33.5 Å². The van der Waals surface area contributed by atoms with Gasteiger partial charge in [-0.3, -0.25) is 4.79 Å². The lowest BCUT2D eigenvalue weighted by atomic mass is 10.1. The second-order valence-corrected chi connectivity index (χ2v) is 4.11. The molecule has 0 aliphatic carbocycles. The van der Waals surface area contributed by atoms with Crippen LogP contribution in [-0.2, 0) is 11.2 Å². The van der Waals surface area contributed by atoms with Crippen LogP contribution in [0.5, 0.6) is 0 Å². The Balaban J connectivity index is 2.91. The summed E-state index contributed by atoms with van der Waals surface area (Å²) < 4.78 is 0.779. The smallest absolute Gasteiger partial charge is 0.320 e. The van der Waals surface area contributed by atoms with Crippen molar-refractivity contribution in [2.24, 2.45) is 5.73 Å². The summed E-state index contributed by atoms with van der Waals surface area (Å²) in [5.74, 6) is -1.03. The monoisotopic (exact) mass is 277 g/mol. The Morgan fingerprint density at radius 3 is 2.79 bits per heavy atom. The zero-order valence-corrected chi connectivity index (χ0v) is 9.55. The fraction of sp³-hybridized carbons (Fsp3) is 0.222. The first-order valence-corrected chi connectivity index (χ1v) is 5.10. The van der Waals surface area contributed by atoms with Crippen molar-refractivity contribution in [3.63, 3.8) is 0 Å². The number of aliphatic carboxylic acids is 1. The second-order valence-electron chi connectivity index (χ2n) is 2.85. The number of benzene rings is 1. The predicted octanol–water partition coefficient (Wildman–Crippen LogP) is 2.06. The van der Waals surface area contributed by atoms with Gasteiger partial charge in [0.15, 0.2) is 0 Å². The minimum atomic E-state index is -1.03. The van der Waals surface area contributed by atoms with Crippen LogP contribution in [0.1, 0.15) is 5.56 Å². The number of nitrogens with two attached hydrogens (primary N) is 1. The molecule has 0 aliphatic rings. The number of rotatable bonds is 3. The Morgan fingerprint density at radius 1 is 1.64 bits per heavy atom. The van der Waals surface area contributed by atoms with Crippen LogP contribution in [-0.4, -0.2) is 17.1 Å². The third-order valence-corrected chi connectivity index (χ3v) is 2.90. The zero-order chi connectivity index (χ0) is 10.7. The maximum Gasteiger partial charge on any atom is 0.320 e.